The lowest BCUT2D eigenvalue weighted by Crippen LogP contribution is -2.09. The molecule has 0 amide bonds. The van der Waals surface area contributed by atoms with Gasteiger partial charge < -0.3 is 15.5 Å². The van der Waals surface area contributed by atoms with Crippen molar-refractivity contribution in [1.29, 1.82) is 0 Å². The van der Waals surface area contributed by atoms with E-state index in [1.807, 2.05) is 37.3 Å². The van der Waals surface area contributed by atoms with Crippen LogP contribution in [0.1, 0.15) is 11.1 Å². The molecule has 2 aromatic carbocycles. The molecule has 24 heavy (non-hydrogen) atoms. The first-order chi connectivity index (χ1) is 11.3. The van der Waals surface area contributed by atoms with Gasteiger partial charge in [-0.05, 0) is 30.2 Å². The molecule has 0 aromatic heterocycles. The molecule has 0 saturated heterocycles. The molecule has 2 rings (SSSR count). The molecule has 0 fully saturated rings. The molecule has 0 atom stereocenters. The number of aliphatic carboxylic acids is 2. The topological polar surface area (TPSA) is 130 Å². The van der Waals surface area contributed by atoms with Gasteiger partial charge in [0.05, 0.1) is 4.92 Å². The molecule has 0 unspecified atom stereocenters. The Hall–Kier alpha value is -3.42. The predicted molar refractivity (Wildman–Crippen MR) is 86.9 cm³/mol. The van der Waals surface area contributed by atoms with Crippen LogP contribution < -0.4 is 5.32 Å². The van der Waals surface area contributed by atoms with Crippen molar-refractivity contribution in [1.82, 2.24) is 0 Å². The zero-order valence-corrected chi connectivity index (χ0v) is 12.8. The van der Waals surface area contributed by atoms with Crippen LogP contribution in [0.4, 0.5) is 11.4 Å². The summed E-state index contributed by atoms with van der Waals surface area (Å²) in [6.45, 7) is 2.60. The van der Waals surface area contributed by atoms with Crippen LogP contribution in [0, 0.1) is 17.0 Å². The van der Waals surface area contributed by atoms with Crippen LogP contribution in [0.25, 0.3) is 0 Å². The van der Waals surface area contributed by atoms with E-state index in [-0.39, 0.29) is 10.6 Å². The molecular weight excluding hydrogens is 316 g/mol. The maximum atomic E-state index is 10.7. The minimum Gasteiger partial charge on any atom is -0.473 e. The highest BCUT2D eigenvalue weighted by Crippen LogP contribution is 2.15. The quantitative estimate of drug-likeness (QED) is 0.446. The Morgan fingerprint density at radius 1 is 1.08 bits per heavy atom. The van der Waals surface area contributed by atoms with Gasteiger partial charge >= 0.3 is 11.9 Å². The molecule has 0 aliphatic carbocycles. The van der Waals surface area contributed by atoms with Gasteiger partial charge in [0.1, 0.15) is 0 Å². The van der Waals surface area contributed by atoms with Crippen LogP contribution in [-0.2, 0) is 16.1 Å². The third-order valence-electron chi connectivity index (χ3n) is 2.82. The number of nitrogens with zero attached hydrogens (tertiary/aromatic N) is 1. The summed E-state index contributed by atoms with van der Waals surface area (Å²) >= 11 is 0. The first-order valence-electron chi connectivity index (χ1n) is 6.79. The second-order valence-electron chi connectivity index (χ2n) is 4.76. The van der Waals surface area contributed by atoms with Gasteiger partial charge in [0.25, 0.3) is 5.69 Å². The summed E-state index contributed by atoms with van der Waals surface area (Å²) in [5, 5.41) is 28.7. The number of nitro groups is 1. The van der Waals surface area contributed by atoms with Crippen molar-refractivity contribution in [2.45, 2.75) is 13.5 Å². The zero-order valence-electron chi connectivity index (χ0n) is 12.8. The number of nitro benzene ring substituents is 1. The van der Waals surface area contributed by atoms with Gasteiger partial charge in [0.2, 0.25) is 0 Å². The average Bonchev–Trinajstić information content (AvgIpc) is 2.54. The fraction of sp³-hybridized carbons (Fsp3) is 0.125. The minimum atomic E-state index is -1.82. The highest BCUT2D eigenvalue weighted by molar-refractivity contribution is 6.27. The second kappa shape index (κ2) is 8.89. The smallest absolute Gasteiger partial charge is 0.414 e. The Balaban J connectivity index is 0.000000413. The van der Waals surface area contributed by atoms with Gasteiger partial charge in [0.15, 0.2) is 0 Å². The fourth-order valence-electron chi connectivity index (χ4n) is 1.74. The summed E-state index contributed by atoms with van der Waals surface area (Å²) in [7, 11) is 0. The molecule has 8 heteroatoms. The monoisotopic (exact) mass is 332 g/mol. The zero-order chi connectivity index (χ0) is 18.1. The Labute approximate surface area is 137 Å². The average molecular weight is 332 g/mol. The predicted octanol–water partition coefficient (Wildman–Crippen LogP) is 2.67. The standard InChI is InChI=1S/C14H14N2O2.C2H2O4/c1-11-4-2-6-13(8-11)15-10-12-5-3-7-14(9-12)16(17)18;3-1(4)2(5)6/h2-9,15H,10H2,1H3;(H,3,4)(H,5,6). The number of nitrogens with one attached hydrogen (secondary N) is 1. The molecule has 0 bridgehead atoms. The Bertz CT molecular complexity index is 733. The molecule has 8 nitrogen and oxygen atoms in total. The van der Waals surface area contributed by atoms with E-state index in [9.17, 15) is 10.1 Å². The molecule has 3 N–H and O–H groups in total. The number of anilines is 1. The molecule has 0 radical (unpaired) electrons. The molecule has 0 saturated carbocycles. The molecule has 126 valence electrons. The second-order valence-corrected chi connectivity index (χ2v) is 4.76. The van der Waals surface area contributed by atoms with Gasteiger partial charge in [-0.1, -0.05) is 24.3 Å². The first kappa shape index (κ1) is 18.6. The third kappa shape index (κ3) is 6.56. The summed E-state index contributed by atoms with van der Waals surface area (Å²) in [6, 6.07) is 14.7. The Kier molecular flexibility index (Phi) is 6.90. The van der Waals surface area contributed by atoms with Gasteiger partial charge in [0, 0.05) is 24.4 Å². The number of carboxylic acid groups (broad SMARTS) is 2. The highest BCUT2D eigenvalue weighted by Gasteiger charge is 2.05. The summed E-state index contributed by atoms with van der Waals surface area (Å²) in [6.07, 6.45) is 0. The molecule has 0 aliphatic rings. The van der Waals surface area contributed by atoms with E-state index in [0.29, 0.717) is 6.54 Å². The molecule has 0 heterocycles. The van der Waals surface area contributed by atoms with Crippen LogP contribution in [0.2, 0.25) is 0 Å². The normalized spacial score (nSPS) is 9.38. The largest absolute Gasteiger partial charge is 0.473 e. The molecular formula is C16H16N2O6. The van der Waals surface area contributed by atoms with Crippen molar-refractivity contribution in [2.24, 2.45) is 0 Å². The van der Waals surface area contributed by atoms with Crippen molar-refractivity contribution in [2.75, 3.05) is 5.32 Å². The van der Waals surface area contributed by atoms with E-state index in [4.69, 9.17) is 19.8 Å². The SMILES string of the molecule is Cc1cccc(NCc2cccc([N+](=O)[O-])c2)c1.O=C(O)C(=O)O. The fourth-order valence-corrected chi connectivity index (χ4v) is 1.74. The first-order valence-corrected chi connectivity index (χ1v) is 6.79. The van der Waals surface area contributed by atoms with E-state index in [0.717, 1.165) is 11.3 Å². The summed E-state index contributed by atoms with van der Waals surface area (Å²) in [5.41, 5.74) is 3.21. The van der Waals surface area contributed by atoms with Crippen LogP contribution in [0.3, 0.4) is 0 Å². The van der Waals surface area contributed by atoms with Crippen LogP contribution in [0.15, 0.2) is 48.5 Å². The van der Waals surface area contributed by atoms with Crippen LogP contribution in [0.5, 0.6) is 0 Å². The molecule has 0 spiro atoms. The van der Waals surface area contributed by atoms with E-state index < -0.39 is 11.9 Å². The number of hydrogen-bond donors (Lipinski definition) is 3. The maximum Gasteiger partial charge on any atom is 0.414 e. The number of carbonyl (C=O) groups is 2. The summed E-state index contributed by atoms with van der Waals surface area (Å²) in [5.74, 6) is -3.65. The van der Waals surface area contributed by atoms with E-state index in [2.05, 4.69) is 5.32 Å². The van der Waals surface area contributed by atoms with Gasteiger partial charge in [-0.15, -0.1) is 0 Å². The van der Waals surface area contributed by atoms with E-state index in [1.54, 1.807) is 12.1 Å². The number of non-ortho nitro benzene ring substituents is 1. The van der Waals surface area contributed by atoms with Crippen molar-refractivity contribution in [3.8, 4) is 0 Å². The number of carboxylic acids is 2. The minimum absolute atomic E-state index is 0.124. The number of rotatable bonds is 4. The van der Waals surface area contributed by atoms with Crippen molar-refractivity contribution in [3.63, 3.8) is 0 Å². The third-order valence-corrected chi connectivity index (χ3v) is 2.82. The molecule has 2 aromatic rings. The number of aryl methyl sites for hydroxylation is 1. The van der Waals surface area contributed by atoms with E-state index >= 15 is 0 Å². The summed E-state index contributed by atoms with van der Waals surface area (Å²) in [4.78, 5) is 28.5. The van der Waals surface area contributed by atoms with Gasteiger partial charge in [-0.3, -0.25) is 10.1 Å². The lowest BCUT2D eigenvalue weighted by atomic mass is 10.2. The van der Waals surface area contributed by atoms with Gasteiger partial charge in [-0.25, -0.2) is 9.59 Å². The van der Waals surface area contributed by atoms with Gasteiger partial charge in [-0.2, -0.15) is 0 Å². The van der Waals surface area contributed by atoms with Crippen molar-refractivity contribution in [3.05, 3.63) is 69.8 Å². The maximum absolute atomic E-state index is 10.7. The van der Waals surface area contributed by atoms with Crippen LogP contribution in [-0.4, -0.2) is 27.1 Å². The lowest BCUT2D eigenvalue weighted by Gasteiger charge is -2.07. The Morgan fingerprint density at radius 3 is 2.25 bits per heavy atom. The highest BCUT2D eigenvalue weighted by atomic mass is 16.6. The molecule has 0 aliphatic heterocycles. The van der Waals surface area contributed by atoms with Crippen molar-refractivity contribution < 1.29 is 24.7 Å². The van der Waals surface area contributed by atoms with E-state index in [1.165, 1.54) is 11.6 Å². The number of hydrogen-bond acceptors (Lipinski definition) is 5. The van der Waals surface area contributed by atoms with Crippen LogP contribution >= 0.6 is 0 Å². The Morgan fingerprint density at radius 2 is 1.71 bits per heavy atom. The van der Waals surface area contributed by atoms with Crippen molar-refractivity contribution >= 4 is 23.3 Å². The summed E-state index contributed by atoms with van der Waals surface area (Å²) < 4.78 is 0. The lowest BCUT2D eigenvalue weighted by molar-refractivity contribution is -0.384. The number of benzene rings is 2.